The third-order valence-electron chi connectivity index (χ3n) is 1.55. The van der Waals surface area contributed by atoms with Crippen LogP contribution in [0.1, 0.15) is 13.8 Å². The summed E-state index contributed by atoms with van der Waals surface area (Å²) in [7, 11) is 1.80. The van der Waals surface area contributed by atoms with E-state index in [1.54, 1.807) is 23.9 Å². The molecule has 0 aromatic rings. The van der Waals surface area contributed by atoms with Gasteiger partial charge in [0.05, 0.1) is 11.1 Å². The van der Waals surface area contributed by atoms with E-state index in [0.717, 1.165) is 0 Å². The monoisotopic (exact) mass is 175 g/mol. The average molecular weight is 175 g/mol. The standard InChI is InChI=1S/C7H13NO2S/c1-5(2)7-8(3)10-6(9)4-11-7/h5,7H,4H2,1-3H3/t7-/m0/s1. The van der Waals surface area contributed by atoms with Gasteiger partial charge in [0.25, 0.3) is 0 Å². The number of nitrogens with zero attached hydrogens (tertiary/aromatic N) is 1. The summed E-state index contributed by atoms with van der Waals surface area (Å²) in [6.45, 7) is 4.24. The predicted octanol–water partition coefficient (Wildman–Crippen LogP) is 1.11. The molecule has 11 heavy (non-hydrogen) atoms. The molecular weight excluding hydrogens is 162 g/mol. The van der Waals surface area contributed by atoms with Gasteiger partial charge in [-0.1, -0.05) is 13.8 Å². The number of hydroxylamine groups is 2. The fourth-order valence-electron chi connectivity index (χ4n) is 1.11. The van der Waals surface area contributed by atoms with Gasteiger partial charge < -0.3 is 4.84 Å². The Labute approximate surface area is 71.0 Å². The van der Waals surface area contributed by atoms with Gasteiger partial charge in [0.1, 0.15) is 0 Å². The second-order valence-electron chi connectivity index (χ2n) is 2.96. The fourth-order valence-corrected chi connectivity index (χ4v) is 2.11. The van der Waals surface area contributed by atoms with Crippen LogP contribution in [-0.2, 0) is 9.63 Å². The first-order valence-electron chi connectivity index (χ1n) is 3.66. The van der Waals surface area contributed by atoms with Gasteiger partial charge >= 0.3 is 5.97 Å². The molecule has 0 aromatic heterocycles. The topological polar surface area (TPSA) is 29.5 Å². The number of thioether (sulfide) groups is 1. The summed E-state index contributed by atoms with van der Waals surface area (Å²) < 4.78 is 0. The highest BCUT2D eigenvalue weighted by atomic mass is 32.2. The third kappa shape index (κ3) is 2.10. The zero-order valence-electron chi connectivity index (χ0n) is 7.03. The van der Waals surface area contributed by atoms with Crippen molar-refractivity contribution in [2.75, 3.05) is 12.8 Å². The van der Waals surface area contributed by atoms with Crippen molar-refractivity contribution < 1.29 is 9.63 Å². The molecule has 1 atom stereocenters. The Morgan fingerprint density at radius 3 is 2.82 bits per heavy atom. The summed E-state index contributed by atoms with van der Waals surface area (Å²) in [5, 5.41) is 1.95. The van der Waals surface area contributed by atoms with Crippen molar-refractivity contribution in [1.82, 2.24) is 5.06 Å². The van der Waals surface area contributed by atoms with Crippen LogP contribution in [0, 0.1) is 5.92 Å². The van der Waals surface area contributed by atoms with E-state index in [4.69, 9.17) is 4.84 Å². The van der Waals surface area contributed by atoms with Gasteiger partial charge in [0, 0.05) is 7.05 Å². The Kier molecular flexibility index (Phi) is 2.78. The summed E-state index contributed by atoms with van der Waals surface area (Å²) in [5.41, 5.74) is 0. The van der Waals surface area contributed by atoms with Crippen LogP contribution in [-0.4, -0.2) is 29.2 Å². The van der Waals surface area contributed by atoms with Crippen LogP contribution in [0.5, 0.6) is 0 Å². The minimum Gasteiger partial charge on any atom is -0.366 e. The van der Waals surface area contributed by atoms with Gasteiger partial charge in [0.2, 0.25) is 0 Å². The molecular formula is C7H13NO2S. The second kappa shape index (κ2) is 3.45. The van der Waals surface area contributed by atoms with E-state index < -0.39 is 0 Å². The minimum absolute atomic E-state index is 0.144. The number of carbonyl (C=O) groups excluding carboxylic acids is 1. The van der Waals surface area contributed by atoms with Crippen molar-refractivity contribution in [2.24, 2.45) is 5.92 Å². The molecule has 4 heteroatoms. The van der Waals surface area contributed by atoms with Crippen LogP contribution < -0.4 is 0 Å². The van der Waals surface area contributed by atoms with Gasteiger partial charge in [-0.25, -0.2) is 4.79 Å². The molecule has 0 aliphatic carbocycles. The minimum atomic E-state index is -0.144. The van der Waals surface area contributed by atoms with Crippen molar-refractivity contribution >= 4 is 17.7 Å². The summed E-state index contributed by atoms with van der Waals surface area (Å²) in [5.74, 6) is 0.847. The largest absolute Gasteiger partial charge is 0.366 e. The van der Waals surface area contributed by atoms with Crippen molar-refractivity contribution in [3.8, 4) is 0 Å². The highest BCUT2D eigenvalue weighted by molar-refractivity contribution is 8.00. The first-order valence-corrected chi connectivity index (χ1v) is 4.71. The molecule has 1 saturated heterocycles. The molecule has 64 valence electrons. The maximum absolute atomic E-state index is 10.8. The molecule has 0 amide bonds. The van der Waals surface area contributed by atoms with Crippen molar-refractivity contribution in [1.29, 1.82) is 0 Å². The fraction of sp³-hybridized carbons (Fsp3) is 0.857. The molecule has 1 aliphatic heterocycles. The van der Waals surface area contributed by atoms with Gasteiger partial charge in [-0.05, 0) is 5.92 Å². The van der Waals surface area contributed by atoms with Crippen molar-refractivity contribution in [2.45, 2.75) is 19.2 Å². The zero-order valence-corrected chi connectivity index (χ0v) is 7.85. The van der Waals surface area contributed by atoms with Gasteiger partial charge in [-0.3, -0.25) is 0 Å². The Morgan fingerprint density at radius 1 is 1.73 bits per heavy atom. The molecule has 0 bridgehead atoms. The van der Waals surface area contributed by atoms with E-state index in [2.05, 4.69) is 13.8 Å². The SMILES string of the molecule is CC(C)[C@@H]1SCC(=O)ON1C. The molecule has 1 rings (SSSR count). The summed E-state index contributed by atoms with van der Waals surface area (Å²) >= 11 is 1.64. The predicted molar refractivity (Wildman–Crippen MR) is 44.9 cm³/mol. The number of rotatable bonds is 1. The first-order chi connectivity index (χ1) is 5.11. The average Bonchev–Trinajstić information content (AvgIpc) is 1.85. The Hall–Kier alpha value is -0.220. The van der Waals surface area contributed by atoms with Crippen LogP contribution in [0.4, 0.5) is 0 Å². The van der Waals surface area contributed by atoms with Crippen molar-refractivity contribution in [3.05, 3.63) is 0 Å². The molecule has 0 aromatic carbocycles. The molecule has 1 heterocycles. The van der Waals surface area contributed by atoms with Crippen LogP contribution in [0.2, 0.25) is 0 Å². The highest BCUT2D eigenvalue weighted by Crippen LogP contribution is 2.26. The number of hydrogen-bond donors (Lipinski definition) is 0. The smallest absolute Gasteiger partial charge is 0.334 e. The lowest BCUT2D eigenvalue weighted by molar-refractivity contribution is -0.188. The van der Waals surface area contributed by atoms with E-state index in [9.17, 15) is 4.79 Å². The maximum atomic E-state index is 10.8. The van der Waals surface area contributed by atoms with Gasteiger partial charge in [-0.2, -0.15) is 0 Å². The molecule has 3 nitrogen and oxygen atoms in total. The molecule has 0 spiro atoms. The highest BCUT2D eigenvalue weighted by Gasteiger charge is 2.28. The zero-order chi connectivity index (χ0) is 8.43. The second-order valence-corrected chi connectivity index (χ2v) is 4.06. The summed E-state index contributed by atoms with van der Waals surface area (Å²) in [6, 6.07) is 0. The number of hydrogen-bond acceptors (Lipinski definition) is 4. The Balaban J connectivity index is 2.50. The molecule has 0 saturated carbocycles. The van der Waals surface area contributed by atoms with Crippen LogP contribution in [0.15, 0.2) is 0 Å². The molecule has 1 aliphatic rings. The lowest BCUT2D eigenvalue weighted by Gasteiger charge is -2.32. The first kappa shape index (κ1) is 8.87. The van der Waals surface area contributed by atoms with E-state index >= 15 is 0 Å². The van der Waals surface area contributed by atoms with Crippen LogP contribution in [0.25, 0.3) is 0 Å². The Bertz CT molecular complexity index is 161. The molecule has 0 N–H and O–H groups in total. The van der Waals surface area contributed by atoms with Crippen LogP contribution in [0.3, 0.4) is 0 Å². The normalized spacial score (nSPS) is 27.3. The lowest BCUT2D eigenvalue weighted by Crippen LogP contribution is -2.40. The van der Waals surface area contributed by atoms with Gasteiger partial charge in [-0.15, -0.1) is 16.8 Å². The molecule has 1 fully saturated rings. The van der Waals surface area contributed by atoms with E-state index in [0.29, 0.717) is 17.0 Å². The Morgan fingerprint density at radius 2 is 2.36 bits per heavy atom. The van der Waals surface area contributed by atoms with E-state index in [-0.39, 0.29) is 5.97 Å². The molecule has 0 unspecified atom stereocenters. The van der Waals surface area contributed by atoms with Crippen LogP contribution >= 0.6 is 11.8 Å². The number of carbonyl (C=O) groups is 1. The van der Waals surface area contributed by atoms with Crippen molar-refractivity contribution in [3.63, 3.8) is 0 Å². The van der Waals surface area contributed by atoms with E-state index in [1.807, 2.05) is 0 Å². The third-order valence-corrected chi connectivity index (χ3v) is 3.13. The lowest BCUT2D eigenvalue weighted by atomic mass is 10.2. The summed E-state index contributed by atoms with van der Waals surface area (Å²) in [4.78, 5) is 15.7. The maximum Gasteiger partial charge on any atom is 0.334 e. The quantitative estimate of drug-likeness (QED) is 0.597. The van der Waals surface area contributed by atoms with Gasteiger partial charge in [0.15, 0.2) is 0 Å². The summed E-state index contributed by atoms with van der Waals surface area (Å²) in [6.07, 6.45) is 0. The molecule has 0 radical (unpaired) electrons. The van der Waals surface area contributed by atoms with E-state index in [1.165, 1.54) is 0 Å².